The Bertz CT molecular complexity index is 4020. The molecule has 0 amide bonds. The van der Waals surface area contributed by atoms with Gasteiger partial charge in [-0.25, -0.2) is 0 Å². The normalized spacial score (nSPS) is 11.6. The first-order valence-corrected chi connectivity index (χ1v) is 26.9. The molecule has 0 saturated carbocycles. The van der Waals surface area contributed by atoms with Gasteiger partial charge in [0, 0.05) is 22.7 Å². The van der Waals surface area contributed by atoms with E-state index in [2.05, 4.69) is 310 Å². The maximum absolute atomic E-state index is 8.29. The van der Waals surface area contributed by atoms with Crippen LogP contribution in [0, 0.1) is 0 Å². The zero-order valence-corrected chi connectivity index (χ0v) is 44.1. The predicted octanol–water partition coefficient (Wildman–Crippen LogP) is 21.9. The molecule has 0 aliphatic carbocycles. The zero-order valence-electron chi connectivity index (χ0n) is 43.3. The van der Waals surface area contributed by atoms with Crippen molar-refractivity contribution in [3.8, 4) is 44.5 Å². The molecular weight excluding hydrogens is 952 g/mol. The molecule has 0 heterocycles. The van der Waals surface area contributed by atoms with Crippen molar-refractivity contribution in [3.63, 3.8) is 0 Å². The molecular formula is C74H55ClN2. The summed E-state index contributed by atoms with van der Waals surface area (Å²) in [7, 11) is 0. The molecule has 0 unspecified atom stereocenters. The first kappa shape index (κ1) is 47.5. The minimum Gasteiger partial charge on any atom is -0.309 e. The summed E-state index contributed by atoms with van der Waals surface area (Å²) < 4.78 is 0. The van der Waals surface area contributed by atoms with E-state index in [0.717, 1.165) is 50.5 Å². The molecule has 77 heavy (non-hydrogen) atoms. The highest BCUT2D eigenvalue weighted by atomic mass is 35.5. The van der Waals surface area contributed by atoms with Crippen molar-refractivity contribution in [2.24, 2.45) is 0 Å². The second-order valence-corrected chi connectivity index (χ2v) is 21.3. The third-order valence-corrected chi connectivity index (χ3v) is 15.6. The highest BCUT2D eigenvalue weighted by Gasteiger charge is 2.29. The van der Waals surface area contributed by atoms with E-state index >= 15 is 0 Å². The molecule has 0 fully saturated rings. The third kappa shape index (κ3) is 8.58. The molecule has 0 aliphatic heterocycles. The Morgan fingerprint density at radius 2 is 0.519 bits per heavy atom. The zero-order chi connectivity index (χ0) is 52.0. The van der Waals surface area contributed by atoms with Gasteiger partial charge in [-0.2, -0.15) is 0 Å². The van der Waals surface area contributed by atoms with Crippen LogP contribution in [0.2, 0.25) is 5.02 Å². The fourth-order valence-electron chi connectivity index (χ4n) is 11.6. The highest BCUT2D eigenvalue weighted by molar-refractivity contribution is 6.37. The van der Waals surface area contributed by atoms with Crippen molar-refractivity contribution in [2.75, 3.05) is 9.80 Å². The Kier molecular flexibility index (Phi) is 12.2. The molecule has 3 heteroatoms. The monoisotopic (exact) mass is 1010 g/mol. The van der Waals surface area contributed by atoms with Crippen molar-refractivity contribution in [3.05, 3.63) is 290 Å². The molecule has 0 spiro atoms. The van der Waals surface area contributed by atoms with E-state index in [-0.39, 0.29) is 5.41 Å². The van der Waals surface area contributed by atoms with Gasteiger partial charge in [0.25, 0.3) is 0 Å². The van der Waals surface area contributed by atoms with E-state index in [4.69, 9.17) is 11.6 Å². The molecule has 0 aromatic heterocycles. The number of para-hydroxylation sites is 2. The minimum atomic E-state index is -0.264. The molecule has 0 bridgehead atoms. The molecule has 0 radical (unpaired) electrons. The average molecular weight is 1010 g/mol. The molecule has 0 saturated heterocycles. The largest absolute Gasteiger partial charge is 0.309 e. The summed E-state index contributed by atoms with van der Waals surface area (Å²) in [6, 6.07) is 101. The second kappa shape index (κ2) is 19.8. The van der Waals surface area contributed by atoms with Crippen LogP contribution in [-0.4, -0.2) is 0 Å². The van der Waals surface area contributed by atoms with Gasteiger partial charge in [0.15, 0.2) is 0 Å². The first-order valence-electron chi connectivity index (χ1n) is 26.5. The fourth-order valence-corrected chi connectivity index (χ4v) is 11.9. The predicted molar refractivity (Wildman–Crippen MR) is 331 cm³/mol. The van der Waals surface area contributed by atoms with Crippen molar-refractivity contribution in [1.29, 1.82) is 0 Å². The number of nitrogens with zero attached hydrogens (tertiary/aromatic N) is 2. The summed E-state index contributed by atoms with van der Waals surface area (Å²) in [5.41, 5.74) is 16.2. The van der Waals surface area contributed by atoms with E-state index in [0.29, 0.717) is 5.02 Å². The lowest BCUT2D eigenvalue weighted by atomic mass is 9.85. The van der Waals surface area contributed by atoms with Crippen LogP contribution in [-0.2, 0) is 5.41 Å². The van der Waals surface area contributed by atoms with Crippen LogP contribution in [0.5, 0.6) is 0 Å². The van der Waals surface area contributed by atoms with Crippen LogP contribution < -0.4 is 9.80 Å². The molecule has 0 N–H and O–H groups in total. The summed E-state index contributed by atoms with van der Waals surface area (Å²) in [6.07, 6.45) is 0. The van der Waals surface area contributed by atoms with Gasteiger partial charge in [-0.3, -0.25) is 0 Å². The van der Waals surface area contributed by atoms with E-state index in [1.54, 1.807) is 0 Å². The van der Waals surface area contributed by atoms with E-state index in [1.165, 1.54) is 76.8 Å². The Morgan fingerprint density at radius 1 is 0.260 bits per heavy atom. The van der Waals surface area contributed by atoms with Crippen LogP contribution in [0.15, 0.2) is 279 Å². The summed E-state index contributed by atoms with van der Waals surface area (Å²) >= 11 is 8.29. The van der Waals surface area contributed by atoms with Crippen molar-refractivity contribution >= 4 is 88.8 Å². The summed E-state index contributed by atoms with van der Waals surface area (Å²) in [4.78, 5) is 4.73. The summed E-state index contributed by atoms with van der Waals surface area (Å²) in [6.45, 7) is 6.88. The van der Waals surface area contributed by atoms with E-state index < -0.39 is 0 Å². The topological polar surface area (TPSA) is 6.48 Å². The lowest BCUT2D eigenvalue weighted by Crippen LogP contribution is -2.18. The van der Waals surface area contributed by atoms with Crippen molar-refractivity contribution in [1.82, 2.24) is 0 Å². The number of benzene rings is 13. The van der Waals surface area contributed by atoms with Gasteiger partial charge in [-0.05, 0) is 159 Å². The molecule has 368 valence electrons. The minimum absolute atomic E-state index is 0.264. The van der Waals surface area contributed by atoms with Gasteiger partial charge < -0.3 is 9.80 Å². The van der Waals surface area contributed by atoms with Crippen LogP contribution in [0.3, 0.4) is 0 Å². The van der Waals surface area contributed by atoms with Gasteiger partial charge in [-0.15, -0.1) is 0 Å². The molecule has 13 aromatic rings. The standard InChI is InChI=1S/C74H55ClN2/c1-74(2,3)54-46-67(76(55-34-18-8-19-35-55)57-42-44-63-65(48-57)71(52-30-14-6-15-31-52)61-40-24-22-38-59(61)69(63)50-26-10-4-11-27-50)73(75)68(47-54)77(56-36-20-9-21-37-56)58-43-45-64-66(49-58)72(53-32-16-7-17-33-53)62-41-25-23-39-60(62)70(64)51-28-12-5-13-29-51/h4-49H,1-3H3. The van der Waals surface area contributed by atoms with Crippen molar-refractivity contribution < 1.29 is 0 Å². The lowest BCUT2D eigenvalue weighted by molar-refractivity contribution is 0.590. The maximum atomic E-state index is 8.29. The first-order chi connectivity index (χ1) is 37.8. The number of anilines is 6. The van der Waals surface area contributed by atoms with E-state index in [1.807, 2.05) is 0 Å². The number of hydrogen-bond acceptors (Lipinski definition) is 2. The number of hydrogen-bond donors (Lipinski definition) is 0. The smallest absolute Gasteiger partial charge is 0.0887 e. The fraction of sp³-hybridized carbons (Fsp3) is 0.0541. The Hall–Kier alpha value is -9.21. The van der Waals surface area contributed by atoms with Gasteiger partial charge in [-0.1, -0.05) is 251 Å². The Balaban J connectivity index is 1.10. The SMILES string of the molecule is CC(C)(C)c1cc(N(c2ccccc2)c2ccc3c(-c4ccccc4)c4ccccc4c(-c4ccccc4)c3c2)c(Cl)c(N(c2ccccc2)c2ccc3c(-c4ccccc4)c4ccccc4c(-c4ccccc4)c3c2)c1. The van der Waals surface area contributed by atoms with Crippen LogP contribution in [0.25, 0.3) is 87.6 Å². The lowest BCUT2D eigenvalue weighted by Gasteiger charge is -2.34. The number of fused-ring (bicyclic) bond motifs is 4. The van der Waals surface area contributed by atoms with Crippen LogP contribution >= 0.6 is 11.6 Å². The number of halogens is 1. The van der Waals surface area contributed by atoms with Crippen molar-refractivity contribution in [2.45, 2.75) is 26.2 Å². The Morgan fingerprint density at radius 3 is 0.818 bits per heavy atom. The molecule has 0 atom stereocenters. The summed E-state index contributed by atoms with van der Waals surface area (Å²) in [5.74, 6) is 0. The van der Waals surface area contributed by atoms with Gasteiger partial charge in [0.1, 0.15) is 0 Å². The van der Waals surface area contributed by atoms with Gasteiger partial charge in [0.2, 0.25) is 0 Å². The highest BCUT2D eigenvalue weighted by Crippen LogP contribution is 2.53. The molecule has 0 aliphatic rings. The molecule has 13 rings (SSSR count). The van der Waals surface area contributed by atoms with Crippen LogP contribution in [0.1, 0.15) is 26.3 Å². The summed E-state index contributed by atoms with van der Waals surface area (Å²) in [5, 5.41) is 10.2. The second-order valence-electron chi connectivity index (χ2n) is 20.9. The molecule has 13 aromatic carbocycles. The molecule has 2 nitrogen and oxygen atoms in total. The quantitative estimate of drug-likeness (QED) is 0.126. The number of rotatable bonds is 10. The van der Waals surface area contributed by atoms with Gasteiger partial charge in [0.05, 0.1) is 16.4 Å². The van der Waals surface area contributed by atoms with Gasteiger partial charge >= 0.3 is 0 Å². The van der Waals surface area contributed by atoms with E-state index in [9.17, 15) is 0 Å². The Labute approximate surface area is 456 Å². The third-order valence-electron chi connectivity index (χ3n) is 15.2. The maximum Gasteiger partial charge on any atom is 0.0887 e. The van der Waals surface area contributed by atoms with Crippen LogP contribution in [0.4, 0.5) is 34.1 Å². The average Bonchev–Trinajstić information content (AvgIpc) is 3.53.